The fourth-order valence-electron chi connectivity index (χ4n) is 6.27. The Balaban J connectivity index is 1.78. The molecule has 3 rings (SSSR count). The minimum atomic E-state index is -1.17. The molecule has 2 aromatic rings. The molecule has 57 heavy (non-hydrogen) atoms. The number of nitrogens with one attached hydrogen (secondary N) is 5. The van der Waals surface area contributed by atoms with Crippen molar-refractivity contribution in [1.82, 2.24) is 31.5 Å². The number of amides is 7. The van der Waals surface area contributed by atoms with Crippen LogP contribution in [0.4, 0.5) is 4.79 Å². The van der Waals surface area contributed by atoms with Gasteiger partial charge in [0.05, 0.1) is 6.54 Å². The normalized spacial score (nSPS) is 16.1. The Bertz CT molecular complexity index is 1670. The van der Waals surface area contributed by atoms with Crippen LogP contribution in [-0.4, -0.2) is 107 Å². The van der Waals surface area contributed by atoms with Gasteiger partial charge in [-0.2, -0.15) is 11.8 Å². The third-order valence-electron chi connectivity index (χ3n) is 9.07. The van der Waals surface area contributed by atoms with Crippen molar-refractivity contribution in [2.75, 3.05) is 25.1 Å². The maximum atomic E-state index is 14.1. The van der Waals surface area contributed by atoms with Gasteiger partial charge >= 0.3 is 6.09 Å². The van der Waals surface area contributed by atoms with Crippen molar-refractivity contribution in [3.05, 3.63) is 71.8 Å². The van der Waals surface area contributed by atoms with Gasteiger partial charge in [-0.3, -0.25) is 33.7 Å². The zero-order valence-electron chi connectivity index (χ0n) is 33.8. The van der Waals surface area contributed by atoms with Crippen molar-refractivity contribution < 1.29 is 38.3 Å². The van der Waals surface area contributed by atoms with Crippen molar-refractivity contribution in [2.24, 2.45) is 11.7 Å². The molecule has 0 aliphatic carbocycles. The molecular formula is C41H59N7O8S. The molecule has 0 saturated carbocycles. The predicted molar refractivity (Wildman–Crippen MR) is 219 cm³/mol. The smallest absolute Gasteiger partial charge is 0.410 e. The Morgan fingerprint density at radius 2 is 1.33 bits per heavy atom. The number of ether oxygens (including phenoxy) is 1. The minimum Gasteiger partial charge on any atom is -0.444 e. The molecule has 15 nitrogen and oxygen atoms in total. The summed E-state index contributed by atoms with van der Waals surface area (Å²) in [6.07, 6.45) is 2.95. The van der Waals surface area contributed by atoms with Crippen LogP contribution in [0.1, 0.15) is 71.4 Å². The summed E-state index contributed by atoms with van der Waals surface area (Å²) in [5.41, 5.74) is 6.22. The fourth-order valence-corrected chi connectivity index (χ4v) is 6.74. The number of likely N-dealkylation sites (tertiary alicyclic amines) is 1. The number of primary amides is 1. The van der Waals surface area contributed by atoms with Gasteiger partial charge in [-0.15, -0.1) is 0 Å². The molecule has 1 heterocycles. The summed E-state index contributed by atoms with van der Waals surface area (Å²) in [7, 11) is 0. The topological polar surface area (TPSA) is 218 Å². The van der Waals surface area contributed by atoms with E-state index in [-0.39, 0.29) is 25.2 Å². The zero-order chi connectivity index (χ0) is 42.1. The number of nitrogens with zero attached hydrogens (tertiary/aromatic N) is 1. The van der Waals surface area contributed by atoms with Crippen LogP contribution in [0.3, 0.4) is 0 Å². The third-order valence-corrected chi connectivity index (χ3v) is 9.71. The summed E-state index contributed by atoms with van der Waals surface area (Å²) in [5, 5.41) is 13.5. The van der Waals surface area contributed by atoms with Gasteiger partial charge in [0.2, 0.25) is 35.4 Å². The number of benzene rings is 2. The quantitative estimate of drug-likeness (QED) is 0.115. The van der Waals surface area contributed by atoms with Crippen molar-refractivity contribution in [2.45, 2.75) is 109 Å². The molecule has 7 N–H and O–H groups in total. The first-order valence-corrected chi connectivity index (χ1v) is 20.7. The van der Waals surface area contributed by atoms with Gasteiger partial charge in [0, 0.05) is 19.4 Å². The highest BCUT2D eigenvalue weighted by Gasteiger charge is 2.38. The van der Waals surface area contributed by atoms with Crippen molar-refractivity contribution in [1.29, 1.82) is 0 Å². The highest BCUT2D eigenvalue weighted by Crippen LogP contribution is 2.21. The Kier molecular flexibility index (Phi) is 18.3. The van der Waals surface area contributed by atoms with Crippen LogP contribution in [0.2, 0.25) is 0 Å². The lowest BCUT2D eigenvalue weighted by atomic mass is 10.0. The van der Waals surface area contributed by atoms with Gasteiger partial charge in [-0.05, 0) is 75.5 Å². The second kappa shape index (κ2) is 22.6. The monoisotopic (exact) mass is 809 g/mol. The largest absolute Gasteiger partial charge is 0.444 e. The molecule has 0 radical (unpaired) electrons. The maximum Gasteiger partial charge on any atom is 0.410 e. The lowest BCUT2D eigenvalue weighted by molar-refractivity contribution is -0.134. The standard InChI is InChI=1S/C41H59N7O8S/c1-26(2)22-30(37(52)45-29(35(42)50)19-21-57-6)44-34(49)25-43-36(51)31(23-27-14-9-7-10-15-27)46-38(53)32(24-28-16-11-8-12-17-28)47-39(54)33-18-13-20-48(33)40(55)56-41(3,4)5/h7-12,14-17,26,29-33H,13,18-25H2,1-6H3,(H2,42,50)(H,43,51)(H,44,49)(H,45,52)(H,46,53)(H,47,54)/t29-,30+,31-,32-,33-/m0/s1. The minimum absolute atomic E-state index is 0.00212. The van der Waals surface area contributed by atoms with Gasteiger partial charge in [0.1, 0.15) is 35.8 Å². The molecule has 312 valence electrons. The molecule has 1 aliphatic rings. The number of hydrogen-bond acceptors (Lipinski definition) is 9. The zero-order valence-corrected chi connectivity index (χ0v) is 34.6. The van der Waals surface area contributed by atoms with E-state index < -0.39 is 83.9 Å². The number of hydrogen-bond donors (Lipinski definition) is 6. The molecule has 1 aliphatic heterocycles. The molecule has 1 saturated heterocycles. The third kappa shape index (κ3) is 16.1. The van der Waals surface area contributed by atoms with E-state index in [0.717, 1.165) is 11.1 Å². The summed E-state index contributed by atoms with van der Waals surface area (Å²) < 4.78 is 5.53. The van der Waals surface area contributed by atoms with Crippen molar-refractivity contribution in [3.8, 4) is 0 Å². The van der Waals surface area contributed by atoms with Crippen LogP contribution in [0.15, 0.2) is 60.7 Å². The van der Waals surface area contributed by atoms with E-state index in [1.54, 1.807) is 57.2 Å². The first-order chi connectivity index (χ1) is 27.0. The van der Waals surface area contributed by atoms with E-state index in [4.69, 9.17) is 10.5 Å². The number of rotatable bonds is 20. The van der Waals surface area contributed by atoms with Gasteiger partial charge in [-0.1, -0.05) is 74.5 Å². The highest BCUT2D eigenvalue weighted by atomic mass is 32.2. The van der Waals surface area contributed by atoms with Gasteiger partial charge in [-0.25, -0.2) is 4.79 Å². The van der Waals surface area contributed by atoms with Gasteiger partial charge in [0.25, 0.3) is 0 Å². The number of thioether (sulfide) groups is 1. The average molecular weight is 810 g/mol. The van der Waals surface area contributed by atoms with Gasteiger partial charge in [0.15, 0.2) is 0 Å². The Morgan fingerprint density at radius 3 is 1.86 bits per heavy atom. The maximum absolute atomic E-state index is 14.1. The van der Waals surface area contributed by atoms with Crippen LogP contribution in [0.25, 0.3) is 0 Å². The molecule has 0 bridgehead atoms. The van der Waals surface area contributed by atoms with Crippen LogP contribution in [-0.2, 0) is 46.3 Å². The van der Waals surface area contributed by atoms with Crippen LogP contribution >= 0.6 is 11.8 Å². The predicted octanol–water partition coefficient (Wildman–Crippen LogP) is 2.21. The van der Waals surface area contributed by atoms with Crippen molar-refractivity contribution in [3.63, 3.8) is 0 Å². The lowest BCUT2D eigenvalue weighted by Crippen LogP contribution is -2.58. The average Bonchev–Trinajstić information content (AvgIpc) is 3.65. The molecule has 0 spiro atoms. The summed E-state index contributed by atoms with van der Waals surface area (Å²) in [6.45, 7) is 8.79. The molecule has 1 fully saturated rings. The second-order valence-corrected chi connectivity index (χ2v) is 16.5. The number of carbonyl (C=O) groups excluding carboxylic acids is 7. The molecule has 0 unspecified atom stereocenters. The van der Waals surface area contributed by atoms with Crippen LogP contribution < -0.4 is 32.3 Å². The van der Waals surface area contributed by atoms with E-state index in [1.165, 1.54) is 16.7 Å². The van der Waals surface area contributed by atoms with E-state index >= 15 is 0 Å². The van der Waals surface area contributed by atoms with E-state index in [0.29, 0.717) is 31.6 Å². The highest BCUT2D eigenvalue weighted by molar-refractivity contribution is 7.98. The van der Waals surface area contributed by atoms with E-state index in [2.05, 4.69) is 26.6 Å². The first kappa shape index (κ1) is 46.3. The molecule has 7 amide bonds. The SMILES string of the molecule is CSCC[C@H](NC(=O)[C@@H](CC(C)C)NC(=O)CNC(=O)[C@H](Cc1ccccc1)NC(=O)[C@H](Cc1ccccc1)NC(=O)[C@@H]1CCCN1C(=O)OC(C)(C)C)C(N)=O. The Hall–Kier alpha value is -5.12. The number of nitrogens with two attached hydrogens (primary N) is 1. The van der Waals surface area contributed by atoms with Crippen molar-refractivity contribution >= 4 is 53.3 Å². The Labute approximate surface area is 339 Å². The van der Waals surface area contributed by atoms with Gasteiger partial charge < -0.3 is 37.1 Å². The van der Waals surface area contributed by atoms with E-state index in [1.807, 2.05) is 44.4 Å². The summed E-state index contributed by atoms with van der Waals surface area (Å²) in [6, 6.07) is 13.0. The summed E-state index contributed by atoms with van der Waals surface area (Å²) in [5.74, 6) is -3.16. The molecular weight excluding hydrogens is 751 g/mol. The first-order valence-electron chi connectivity index (χ1n) is 19.3. The summed E-state index contributed by atoms with van der Waals surface area (Å²) >= 11 is 1.50. The van der Waals surface area contributed by atoms with Crippen LogP contribution in [0, 0.1) is 5.92 Å². The molecule has 0 aromatic heterocycles. The number of carbonyl (C=O) groups is 7. The Morgan fingerprint density at radius 1 is 0.789 bits per heavy atom. The van der Waals surface area contributed by atoms with Crippen LogP contribution in [0.5, 0.6) is 0 Å². The fraction of sp³-hybridized carbons (Fsp3) is 0.537. The van der Waals surface area contributed by atoms with E-state index in [9.17, 15) is 33.6 Å². The molecule has 2 aromatic carbocycles. The molecule has 5 atom stereocenters. The second-order valence-electron chi connectivity index (χ2n) is 15.5. The summed E-state index contributed by atoms with van der Waals surface area (Å²) in [4.78, 5) is 94.3. The lowest BCUT2D eigenvalue weighted by Gasteiger charge is -2.29. The molecule has 16 heteroatoms.